The quantitative estimate of drug-likeness (QED) is 0.388. The number of hydrogen-bond acceptors (Lipinski definition) is 5. The summed E-state index contributed by atoms with van der Waals surface area (Å²) in [5.41, 5.74) is 0.848. The van der Waals surface area contributed by atoms with Crippen molar-refractivity contribution >= 4 is 41.5 Å². The Morgan fingerprint density at radius 1 is 1.38 bits per heavy atom. The molecular formula is C15H21ClIN5O2. The van der Waals surface area contributed by atoms with Crippen LogP contribution in [0.1, 0.15) is 12.8 Å². The van der Waals surface area contributed by atoms with Gasteiger partial charge in [-0.25, -0.2) is 0 Å². The van der Waals surface area contributed by atoms with E-state index in [1.54, 1.807) is 26.3 Å². The van der Waals surface area contributed by atoms with Gasteiger partial charge in [0.1, 0.15) is 0 Å². The minimum absolute atomic E-state index is 0. The Hall–Kier alpha value is -1.39. The highest BCUT2D eigenvalue weighted by atomic mass is 127. The summed E-state index contributed by atoms with van der Waals surface area (Å²) >= 11 is 5.87. The SMILES string of the molecule is CN=C(NCc1nc(-c2ccc(Cl)cc2)no1)NC(C)COC.I. The van der Waals surface area contributed by atoms with Crippen LogP contribution in [0.5, 0.6) is 0 Å². The third kappa shape index (κ3) is 6.25. The van der Waals surface area contributed by atoms with E-state index in [1.165, 1.54) is 0 Å². The Balaban J connectivity index is 0.00000288. The Kier molecular flexibility index (Phi) is 9.01. The number of guanidine groups is 1. The van der Waals surface area contributed by atoms with Gasteiger partial charge in [-0.05, 0) is 31.2 Å². The maximum Gasteiger partial charge on any atom is 0.246 e. The van der Waals surface area contributed by atoms with Crippen molar-refractivity contribution in [2.24, 2.45) is 4.99 Å². The number of rotatable bonds is 6. The Morgan fingerprint density at radius 3 is 2.71 bits per heavy atom. The van der Waals surface area contributed by atoms with Gasteiger partial charge in [0.2, 0.25) is 11.7 Å². The molecule has 1 aromatic carbocycles. The van der Waals surface area contributed by atoms with E-state index in [0.717, 1.165) is 5.56 Å². The van der Waals surface area contributed by atoms with Crippen molar-refractivity contribution in [2.75, 3.05) is 20.8 Å². The molecule has 2 rings (SSSR count). The van der Waals surface area contributed by atoms with Gasteiger partial charge in [0.15, 0.2) is 5.96 Å². The van der Waals surface area contributed by atoms with Crippen LogP contribution >= 0.6 is 35.6 Å². The number of methoxy groups -OCH3 is 1. The summed E-state index contributed by atoms with van der Waals surface area (Å²) in [5, 5.41) is 10.9. The van der Waals surface area contributed by atoms with E-state index in [4.69, 9.17) is 20.9 Å². The minimum Gasteiger partial charge on any atom is -0.383 e. The van der Waals surface area contributed by atoms with Gasteiger partial charge < -0.3 is 19.9 Å². The average Bonchev–Trinajstić information content (AvgIpc) is 3.01. The molecule has 0 bridgehead atoms. The summed E-state index contributed by atoms with van der Waals surface area (Å²) in [5.74, 6) is 1.63. The molecule has 1 unspecified atom stereocenters. The summed E-state index contributed by atoms with van der Waals surface area (Å²) < 4.78 is 10.3. The largest absolute Gasteiger partial charge is 0.383 e. The predicted octanol–water partition coefficient (Wildman–Crippen LogP) is 2.71. The molecule has 0 saturated heterocycles. The maximum absolute atomic E-state index is 5.87. The molecule has 0 aliphatic heterocycles. The van der Waals surface area contributed by atoms with Crippen LogP contribution in [-0.4, -0.2) is 42.9 Å². The summed E-state index contributed by atoms with van der Waals surface area (Å²) in [6.07, 6.45) is 0. The molecule has 0 fully saturated rings. The Labute approximate surface area is 163 Å². The van der Waals surface area contributed by atoms with E-state index in [1.807, 2.05) is 19.1 Å². The highest BCUT2D eigenvalue weighted by Crippen LogP contribution is 2.18. The Morgan fingerprint density at radius 2 is 2.08 bits per heavy atom. The smallest absolute Gasteiger partial charge is 0.246 e. The molecule has 0 saturated carbocycles. The van der Waals surface area contributed by atoms with Gasteiger partial charge >= 0.3 is 0 Å². The second-order valence-corrected chi connectivity index (χ2v) is 5.38. The van der Waals surface area contributed by atoms with E-state index >= 15 is 0 Å². The summed E-state index contributed by atoms with van der Waals surface area (Å²) in [4.78, 5) is 8.48. The maximum atomic E-state index is 5.87. The molecule has 7 nitrogen and oxygen atoms in total. The molecular weight excluding hydrogens is 445 g/mol. The number of aliphatic imine (C=N–C) groups is 1. The van der Waals surface area contributed by atoms with Crippen molar-refractivity contribution in [3.63, 3.8) is 0 Å². The standard InChI is InChI=1S/C15H20ClN5O2.HI/c1-10(9-22-3)19-15(17-2)18-8-13-20-14(21-23-13)11-4-6-12(16)7-5-11;/h4-7,10H,8-9H2,1-3H3,(H2,17,18,19);1H. The molecule has 9 heteroatoms. The Bertz CT molecular complexity index is 648. The first-order valence-electron chi connectivity index (χ1n) is 7.17. The van der Waals surface area contributed by atoms with E-state index in [-0.39, 0.29) is 30.0 Å². The first kappa shape index (κ1) is 20.7. The number of nitrogens with zero attached hydrogens (tertiary/aromatic N) is 3. The van der Waals surface area contributed by atoms with Crippen LogP contribution in [0.2, 0.25) is 5.02 Å². The molecule has 0 spiro atoms. The van der Waals surface area contributed by atoms with Crippen LogP contribution in [0.25, 0.3) is 11.4 Å². The fraction of sp³-hybridized carbons (Fsp3) is 0.400. The van der Waals surface area contributed by atoms with Gasteiger partial charge in [0.05, 0.1) is 13.2 Å². The van der Waals surface area contributed by atoms with Crippen LogP contribution in [0.4, 0.5) is 0 Å². The zero-order valence-corrected chi connectivity index (χ0v) is 16.8. The van der Waals surface area contributed by atoms with E-state index < -0.39 is 0 Å². The normalized spacial score (nSPS) is 12.4. The van der Waals surface area contributed by atoms with E-state index in [2.05, 4.69) is 25.8 Å². The highest BCUT2D eigenvalue weighted by molar-refractivity contribution is 14.0. The lowest BCUT2D eigenvalue weighted by Crippen LogP contribution is -2.43. The number of nitrogens with one attached hydrogen (secondary N) is 2. The number of halogens is 2. The minimum atomic E-state index is 0. The van der Waals surface area contributed by atoms with Crippen LogP contribution in [0, 0.1) is 0 Å². The summed E-state index contributed by atoms with van der Waals surface area (Å²) in [7, 11) is 3.35. The average molecular weight is 466 g/mol. The second kappa shape index (κ2) is 10.5. The number of ether oxygens (including phenoxy) is 1. The first-order chi connectivity index (χ1) is 11.1. The molecule has 0 aliphatic rings. The van der Waals surface area contributed by atoms with Gasteiger partial charge in [-0.3, -0.25) is 4.99 Å². The van der Waals surface area contributed by atoms with E-state index in [0.29, 0.717) is 35.8 Å². The third-order valence-corrected chi connectivity index (χ3v) is 3.25. The topological polar surface area (TPSA) is 84.6 Å². The van der Waals surface area contributed by atoms with Crippen molar-refractivity contribution in [2.45, 2.75) is 19.5 Å². The van der Waals surface area contributed by atoms with Crippen LogP contribution in [0.15, 0.2) is 33.8 Å². The molecule has 1 aromatic heterocycles. The van der Waals surface area contributed by atoms with Crippen molar-refractivity contribution in [1.29, 1.82) is 0 Å². The molecule has 1 heterocycles. The number of hydrogen-bond donors (Lipinski definition) is 2. The van der Waals surface area contributed by atoms with E-state index in [9.17, 15) is 0 Å². The fourth-order valence-corrected chi connectivity index (χ4v) is 2.05. The fourth-order valence-electron chi connectivity index (χ4n) is 1.92. The number of benzene rings is 1. The predicted molar refractivity (Wildman–Crippen MR) is 105 cm³/mol. The van der Waals surface area contributed by atoms with Crippen LogP contribution in [0.3, 0.4) is 0 Å². The van der Waals surface area contributed by atoms with Gasteiger partial charge in [-0.2, -0.15) is 4.98 Å². The van der Waals surface area contributed by atoms with Gasteiger partial charge in [-0.15, -0.1) is 24.0 Å². The molecule has 2 aromatic rings. The molecule has 2 N–H and O–H groups in total. The second-order valence-electron chi connectivity index (χ2n) is 4.95. The highest BCUT2D eigenvalue weighted by Gasteiger charge is 2.10. The number of aromatic nitrogens is 2. The van der Waals surface area contributed by atoms with Crippen molar-refractivity contribution in [3.8, 4) is 11.4 Å². The zero-order chi connectivity index (χ0) is 16.7. The third-order valence-electron chi connectivity index (χ3n) is 3.00. The molecule has 132 valence electrons. The van der Waals surface area contributed by atoms with Crippen molar-refractivity contribution < 1.29 is 9.26 Å². The monoisotopic (exact) mass is 465 g/mol. The molecule has 0 radical (unpaired) electrons. The lowest BCUT2D eigenvalue weighted by molar-refractivity contribution is 0.179. The van der Waals surface area contributed by atoms with Crippen molar-refractivity contribution in [1.82, 2.24) is 20.8 Å². The van der Waals surface area contributed by atoms with Gasteiger partial charge in [-0.1, -0.05) is 16.8 Å². The summed E-state index contributed by atoms with van der Waals surface area (Å²) in [6.45, 7) is 2.96. The van der Waals surface area contributed by atoms with Gasteiger partial charge in [0.25, 0.3) is 0 Å². The van der Waals surface area contributed by atoms with Crippen LogP contribution < -0.4 is 10.6 Å². The molecule has 1 atom stereocenters. The lowest BCUT2D eigenvalue weighted by atomic mass is 10.2. The summed E-state index contributed by atoms with van der Waals surface area (Å²) in [6, 6.07) is 7.40. The van der Waals surface area contributed by atoms with Crippen LogP contribution in [-0.2, 0) is 11.3 Å². The molecule has 24 heavy (non-hydrogen) atoms. The van der Waals surface area contributed by atoms with Crippen molar-refractivity contribution in [3.05, 3.63) is 35.2 Å². The molecule has 0 amide bonds. The van der Waals surface area contributed by atoms with Gasteiger partial charge in [0, 0.05) is 30.8 Å². The lowest BCUT2D eigenvalue weighted by Gasteiger charge is -2.16. The first-order valence-corrected chi connectivity index (χ1v) is 7.54. The zero-order valence-electron chi connectivity index (χ0n) is 13.7. The molecule has 0 aliphatic carbocycles.